The van der Waals surface area contributed by atoms with E-state index in [0.29, 0.717) is 6.04 Å². The average Bonchev–Trinajstić information content (AvgIpc) is 2.38. The van der Waals surface area contributed by atoms with Crippen molar-refractivity contribution in [3.05, 3.63) is 28.2 Å². The Hall–Kier alpha value is -0.190. The molecule has 0 aliphatic rings. The predicted octanol–water partition coefficient (Wildman–Crippen LogP) is 4.47. The zero-order valence-electron chi connectivity index (χ0n) is 12.0. The summed E-state index contributed by atoms with van der Waals surface area (Å²) in [6.45, 7) is 8.17. The van der Waals surface area contributed by atoms with E-state index in [2.05, 4.69) is 54.2 Å². The van der Waals surface area contributed by atoms with Gasteiger partial charge >= 0.3 is 0 Å². The highest BCUT2D eigenvalue weighted by atomic mass is 79.9. The highest BCUT2D eigenvalue weighted by Crippen LogP contribution is 2.26. The SMILES string of the molecule is CCSCCCOc1ccc(CNC(C)C)cc1Br. The molecule has 4 heteroatoms. The van der Waals surface area contributed by atoms with Gasteiger partial charge in [-0.05, 0) is 51.6 Å². The van der Waals surface area contributed by atoms with E-state index in [1.54, 1.807) is 0 Å². The summed E-state index contributed by atoms with van der Waals surface area (Å²) in [7, 11) is 0. The first kappa shape index (κ1) is 16.9. The van der Waals surface area contributed by atoms with E-state index in [9.17, 15) is 0 Å². The van der Waals surface area contributed by atoms with Crippen LogP contribution in [0.5, 0.6) is 5.75 Å². The maximum Gasteiger partial charge on any atom is 0.133 e. The lowest BCUT2D eigenvalue weighted by Gasteiger charge is -2.11. The Bertz CT molecular complexity index is 371. The number of nitrogens with one attached hydrogen (secondary N) is 1. The van der Waals surface area contributed by atoms with Crippen molar-refractivity contribution in [1.29, 1.82) is 0 Å². The van der Waals surface area contributed by atoms with Crippen molar-refractivity contribution in [3.63, 3.8) is 0 Å². The molecular formula is C15H24BrNOS. The molecule has 0 aromatic heterocycles. The summed E-state index contributed by atoms with van der Waals surface area (Å²) in [5.74, 6) is 3.29. The Morgan fingerprint density at radius 1 is 1.37 bits per heavy atom. The molecule has 0 spiro atoms. The molecule has 0 amide bonds. The molecule has 0 atom stereocenters. The Morgan fingerprint density at radius 3 is 2.79 bits per heavy atom. The van der Waals surface area contributed by atoms with Crippen LogP contribution in [0.3, 0.4) is 0 Å². The van der Waals surface area contributed by atoms with Crippen LogP contribution >= 0.6 is 27.7 Å². The Labute approximate surface area is 129 Å². The molecular weight excluding hydrogens is 322 g/mol. The molecule has 0 aliphatic carbocycles. The zero-order chi connectivity index (χ0) is 14.1. The van der Waals surface area contributed by atoms with Crippen molar-refractivity contribution in [2.75, 3.05) is 18.1 Å². The van der Waals surface area contributed by atoms with E-state index >= 15 is 0 Å². The molecule has 0 saturated heterocycles. The molecule has 0 heterocycles. The van der Waals surface area contributed by atoms with Crippen LogP contribution in [0.1, 0.15) is 32.8 Å². The number of benzene rings is 1. The fourth-order valence-electron chi connectivity index (χ4n) is 1.58. The van der Waals surface area contributed by atoms with Crippen LogP contribution < -0.4 is 10.1 Å². The summed E-state index contributed by atoms with van der Waals surface area (Å²) in [4.78, 5) is 0. The molecule has 0 aliphatic heterocycles. The highest BCUT2D eigenvalue weighted by Gasteiger charge is 2.03. The van der Waals surface area contributed by atoms with Crippen molar-refractivity contribution in [3.8, 4) is 5.75 Å². The van der Waals surface area contributed by atoms with E-state index in [1.807, 2.05) is 17.8 Å². The fraction of sp³-hybridized carbons (Fsp3) is 0.600. The summed E-state index contributed by atoms with van der Waals surface area (Å²) in [5.41, 5.74) is 1.27. The van der Waals surface area contributed by atoms with Gasteiger partial charge in [-0.1, -0.05) is 26.8 Å². The fourth-order valence-corrected chi connectivity index (χ4v) is 2.73. The zero-order valence-corrected chi connectivity index (χ0v) is 14.4. The molecule has 1 aromatic carbocycles. The maximum atomic E-state index is 5.78. The molecule has 0 bridgehead atoms. The minimum absolute atomic E-state index is 0.505. The summed E-state index contributed by atoms with van der Waals surface area (Å²) < 4.78 is 6.82. The molecule has 108 valence electrons. The lowest BCUT2D eigenvalue weighted by molar-refractivity contribution is 0.316. The first-order valence-electron chi connectivity index (χ1n) is 6.85. The summed E-state index contributed by atoms with van der Waals surface area (Å²) in [5, 5.41) is 3.41. The summed E-state index contributed by atoms with van der Waals surface area (Å²) in [6.07, 6.45) is 1.10. The second-order valence-corrected chi connectivity index (χ2v) is 6.95. The maximum absolute atomic E-state index is 5.78. The number of ether oxygens (including phenoxy) is 1. The number of halogens is 1. The molecule has 19 heavy (non-hydrogen) atoms. The van der Waals surface area contributed by atoms with E-state index in [4.69, 9.17) is 4.74 Å². The predicted molar refractivity (Wildman–Crippen MR) is 89.2 cm³/mol. The van der Waals surface area contributed by atoms with Gasteiger partial charge in [0.1, 0.15) is 5.75 Å². The highest BCUT2D eigenvalue weighted by molar-refractivity contribution is 9.10. The van der Waals surface area contributed by atoms with Crippen molar-refractivity contribution in [1.82, 2.24) is 5.32 Å². The van der Waals surface area contributed by atoms with Crippen LogP contribution in [0.15, 0.2) is 22.7 Å². The summed E-state index contributed by atoms with van der Waals surface area (Å²) in [6, 6.07) is 6.81. The van der Waals surface area contributed by atoms with Gasteiger partial charge in [0, 0.05) is 12.6 Å². The lowest BCUT2D eigenvalue weighted by Crippen LogP contribution is -2.21. The molecule has 0 fully saturated rings. The van der Waals surface area contributed by atoms with Gasteiger partial charge in [0.25, 0.3) is 0 Å². The van der Waals surface area contributed by atoms with Gasteiger partial charge in [-0.25, -0.2) is 0 Å². The molecule has 1 N–H and O–H groups in total. The minimum atomic E-state index is 0.505. The third-order valence-corrected chi connectivity index (χ3v) is 4.21. The monoisotopic (exact) mass is 345 g/mol. The quantitative estimate of drug-likeness (QED) is 0.667. The average molecular weight is 346 g/mol. The number of hydrogen-bond donors (Lipinski definition) is 1. The normalized spacial score (nSPS) is 11.0. The smallest absolute Gasteiger partial charge is 0.133 e. The second-order valence-electron chi connectivity index (χ2n) is 4.70. The molecule has 0 radical (unpaired) electrons. The van der Waals surface area contributed by atoms with Crippen molar-refractivity contribution >= 4 is 27.7 Å². The Kier molecular flexibility index (Phi) is 8.58. The van der Waals surface area contributed by atoms with Gasteiger partial charge in [-0.15, -0.1) is 0 Å². The van der Waals surface area contributed by atoms with Crippen LogP contribution in [0.4, 0.5) is 0 Å². The molecule has 2 nitrogen and oxygen atoms in total. The molecule has 1 rings (SSSR count). The van der Waals surface area contributed by atoms with Crippen LogP contribution in [0.2, 0.25) is 0 Å². The third-order valence-electron chi connectivity index (χ3n) is 2.61. The van der Waals surface area contributed by atoms with Gasteiger partial charge in [0.15, 0.2) is 0 Å². The Morgan fingerprint density at radius 2 is 2.16 bits per heavy atom. The minimum Gasteiger partial charge on any atom is -0.492 e. The number of hydrogen-bond acceptors (Lipinski definition) is 3. The molecule has 0 unspecified atom stereocenters. The van der Waals surface area contributed by atoms with Gasteiger partial charge in [-0.3, -0.25) is 0 Å². The second kappa shape index (κ2) is 9.67. The van der Waals surface area contributed by atoms with Crippen molar-refractivity contribution in [2.24, 2.45) is 0 Å². The topological polar surface area (TPSA) is 21.3 Å². The van der Waals surface area contributed by atoms with Crippen LogP contribution in [-0.4, -0.2) is 24.2 Å². The number of rotatable bonds is 9. The van der Waals surface area contributed by atoms with Crippen molar-refractivity contribution in [2.45, 2.75) is 39.8 Å². The molecule has 1 aromatic rings. The van der Waals surface area contributed by atoms with E-state index in [0.717, 1.165) is 29.8 Å². The van der Waals surface area contributed by atoms with Gasteiger partial charge in [-0.2, -0.15) is 11.8 Å². The lowest BCUT2D eigenvalue weighted by atomic mass is 10.2. The van der Waals surface area contributed by atoms with Crippen LogP contribution in [-0.2, 0) is 6.54 Å². The van der Waals surface area contributed by atoms with Gasteiger partial charge in [0.05, 0.1) is 11.1 Å². The Balaban J connectivity index is 2.39. The first-order valence-corrected chi connectivity index (χ1v) is 8.80. The standard InChI is InChI=1S/C15H24BrNOS/c1-4-19-9-5-8-18-15-7-6-13(10-14(15)16)11-17-12(2)3/h6-7,10,12,17H,4-5,8-9,11H2,1-3H3. The van der Waals surface area contributed by atoms with Gasteiger partial charge < -0.3 is 10.1 Å². The van der Waals surface area contributed by atoms with Crippen LogP contribution in [0.25, 0.3) is 0 Å². The molecule has 0 saturated carbocycles. The summed E-state index contributed by atoms with van der Waals surface area (Å²) >= 11 is 5.54. The van der Waals surface area contributed by atoms with E-state index < -0.39 is 0 Å². The van der Waals surface area contributed by atoms with E-state index in [-0.39, 0.29) is 0 Å². The van der Waals surface area contributed by atoms with E-state index in [1.165, 1.54) is 17.1 Å². The van der Waals surface area contributed by atoms with Crippen molar-refractivity contribution < 1.29 is 4.74 Å². The van der Waals surface area contributed by atoms with Crippen LogP contribution in [0, 0.1) is 0 Å². The number of thioether (sulfide) groups is 1. The largest absolute Gasteiger partial charge is 0.492 e. The first-order chi connectivity index (χ1) is 9.13. The third kappa shape index (κ3) is 7.23. The van der Waals surface area contributed by atoms with Gasteiger partial charge in [0.2, 0.25) is 0 Å².